The Morgan fingerprint density at radius 1 is 1.31 bits per heavy atom. The molecule has 26 heavy (non-hydrogen) atoms. The lowest BCUT2D eigenvalue weighted by Crippen LogP contribution is -2.37. The molecule has 0 saturated carbocycles. The minimum absolute atomic E-state index is 0.118. The molecule has 1 unspecified atom stereocenters. The van der Waals surface area contributed by atoms with Gasteiger partial charge in [-0.1, -0.05) is 0 Å². The minimum Gasteiger partial charge on any atom is -0.307 e. The van der Waals surface area contributed by atoms with Crippen molar-refractivity contribution >= 4 is 17.0 Å². The number of aryl methyl sites for hydroxylation is 2. The van der Waals surface area contributed by atoms with Crippen LogP contribution in [0.1, 0.15) is 22.9 Å². The van der Waals surface area contributed by atoms with Crippen LogP contribution in [0.5, 0.6) is 0 Å². The summed E-state index contributed by atoms with van der Waals surface area (Å²) in [5, 5.41) is 18.8. The highest BCUT2D eigenvalue weighted by atomic mass is 32.1. The van der Waals surface area contributed by atoms with Crippen LogP contribution in [0, 0.1) is 17.0 Å². The Hall–Kier alpha value is -2.58. The molecule has 0 radical (unpaired) electrons. The van der Waals surface area contributed by atoms with E-state index in [1.807, 2.05) is 11.6 Å². The lowest BCUT2D eigenvalue weighted by Gasteiger charge is -2.23. The molecule has 1 atom stereocenters. The van der Waals surface area contributed by atoms with Crippen molar-refractivity contribution in [1.82, 2.24) is 20.1 Å². The fraction of sp³-hybridized carbons (Fsp3) is 0.333. The van der Waals surface area contributed by atoms with Gasteiger partial charge in [0, 0.05) is 40.9 Å². The van der Waals surface area contributed by atoms with Crippen LogP contribution in [0.15, 0.2) is 36.4 Å². The zero-order valence-corrected chi connectivity index (χ0v) is 15.2. The molecule has 0 aliphatic carbocycles. The Morgan fingerprint density at radius 2 is 2.12 bits per heavy atom. The van der Waals surface area contributed by atoms with Gasteiger partial charge in [-0.05, 0) is 43.2 Å². The van der Waals surface area contributed by atoms with Crippen molar-refractivity contribution in [2.75, 3.05) is 0 Å². The molecule has 1 aliphatic heterocycles. The standard InChI is InChI=1S/C18H19N5O2S/c1-12-20-18-9-4-14(11-22(18)21-12)19-10-16-7-8-17(26-16)13-2-5-15(6-3-13)23(24)25/h2-3,5-8,14,19H,4,9-11H2,1H3. The summed E-state index contributed by atoms with van der Waals surface area (Å²) < 4.78 is 2.01. The second-order valence-electron chi connectivity index (χ2n) is 6.44. The van der Waals surface area contributed by atoms with E-state index in [1.165, 1.54) is 4.88 Å². The number of aromatic nitrogens is 3. The van der Waals surface area contributed by atoms with E-state index in [4.69, 9.17) is 0 Å². The van der Waals surface area contributed by atoms with Gasteiger partial charge < -0.3 is 5.32 Å². The first-order valence-electron chi connectivity index (χ1n) is 8.56. The van der Waals surface area contributed by atoms with E-state index in [0.29, 0.717) is 6.04 Å². The summed E-state index contributed by atoms with van der Waals surface area (Å²) in [5.74, 6) is 1.92. The molecule has 0 fully saturated rings. The van der Waals surface area contributed by atoms with Crippen LogP contribution in [0.2, 0.25) is 0 Å². The molecule has 1 aromatic carbocycles. The predicted octanol–water partition coefficient (Wildman–Crippen LogP) is 3.33. The molecule has 1 aliphatic rings. The molecule has 134 valence electrons. The van der Waals surface area contributed by atoms with E-state index in [9.17, 15) is 10.1 Å². The van der Waals surface area contributed by atoms with Crippen LogP contribution >= 0.6 is 11.3 Å². The molecule has 3 aromatic rings. The third-order valence-electron chi connectivity index (χ3n) is 4.55. The van der Waals surface area contributed by atoms with Gasteiger partial charge in [0.2, 0.25) is 0 Å². The Labute approximate surface area is 154 Å². The van der Waals surface area contributed by atoms with Gasteiger partial charge in [-0.2, -0.15) is 5.10 Å². The molecule has 8 heteroatoms. The minimum atomic E-state index is -0.375. The van der Waals surface area contributed by atoms with E-state index >= 15 is 0 Å². The highest BCUT2D eigenvalue weighted by Crippen LogP contribution is 2.29. The fourth-order valence-corrected chi connectivity index (χ4v) is 4.18. The molecular formula is C18H19N5O2S. The normalized spacial score (nSPS) is 16.4. The summed E-state index contributed by atoms with van der Waals surface area (Å²) in [6.45, 7) is 3.60. The van der Waals surface area contributed by atoms with Crippen LogP contribution in [-0.4, -0.2) is 25.7 Å². The lowest BCUT2D eigenvalue weighted by atomic mass is 10.1. The van der Waals surface area contributed by atoms with Crippen molar-refractivity contribution in [2.24, 2.45) is 0 Å². The smallest absolute Gasteiger partial charge is 0.269 e. The van der Waals surface area contributed by atoms with Gasteiger partial charge in [0.25, 0.3) is 5.69 Å². The number of non-ortho nitro benzene ring substituents is 1. The first kappa shape index (κ1) is 16.9. The number of nitro groups is 1. The van der Waals surface area contributed by atoms with Gasteiger partial charge in [-0.25, -0.2) is 9.67 Å². The highest BCUT2D eigenvalue weighted by Gasteiger charge is 2.20. The summed E-state index contributed by atoms with van der Waals surface area (Å²) in [5.41, 5.74) is 1.12. The van der Waals surface area contributed by atoms with Gasteiger partial charge in [-0.3, -0.25) is 10.1 Å². The summed E-state index contributed by atoms with van der Waals surface area (Å²) >= 11 is 1.71. The molecule has 0 spiro atoms. The van der Waals surface area contributed by atoms with Crippen LogP contribution in [-0.2, 0) is 19.5 Å². The molecule has 4 rings (SSSR count). The number of thiophene rings is 1. The average molecular weight is 369 g/mol. The van der Waals surface area contributed by atoms with Gasteiger partial charge in [-0.15, -0.1) is 11.3 Å². The molecule has 3 heterocycles. The third kappa shape index (κ3) is 3.51. The number of hydrogen-bond donors (Lipinski definition) is 1. The van der Waals surface area contributed by atoms with Crippen LogP contribution in [0.3, 0.4) is 0 Å². The summed E-state index contributed by atoms with van der Waals surface area (Å²) in [6.07, 6.45) is 2.02. The molecule has 0 bridgehead atoms. The fourth-order valence-electron chi connectivity index (χ4n) is 3.22. The maximum absolute atomic E-state index is 10.8. The van der Waals surface area contributed by atoms with Crippen LogP contribution < -0.4 is 5.32 Å². The molecular weight excluding hydrogens is 350 g/mol. The SMILES string of the molecule is Cc1nc2n(n1)CC(NCc1ccc(-c3ccc([N+](=O)[O-])cc3)s1)CC2. The summed E-state index contributed by atoms with van der Waals surface area (Å²) in [7, 11) is 0. The number of nitro benzene ring substituents is 1. The van der Waals surface area contributed by atoms with E-state index in [1.54, 1.807) is 35.6 Å². The Morgan fingerprint density at radius 3 is 2.88 bits per heavy atom. The zero-order chi connectivity index (χ0) is 18.1. The van der Waals surface area contributed by atoms with Crippen molar-refractivity contribution < 1.29 is 4.92 Å². The first-order valence-corrected chi connectivity index (χ1v) is 9.37. The van der Waals surface area contributed by atoms with Crippen LogP contribution in [0.25, 0.3) is 10.4 Å². The largest absolute Gasteiger partial charge is 0.307 e. The molecule has 2 aromatic heterocycles. The van der Waals surface area contributed by atoms with Gasteiger partial charge in [0.1, 0.15) is 11.6 Å². The summed E-state index contributed by atoms with van der Waals surface area (Å²) in [6, 6.07) is 11.3. The Balaban J connectivity index is 1.37. The number of nitrogens with zero attached hydrogens (tertiary/aromatic N) is 4. The van der Waals surface area contributed by atoms with Crippen molar-refractivity contribution in [3.63, 3.8) is 0 Å². The van der Waals surface area contributed by atoms with E-state index in [0.717, 1.165) is 48.0 Å². The van der Waals surface area contributed by atoms with Gasteiger partial charge in [0.05, 0.1) is 11.5 Å². The molecule has 7 nitrogen and oxygen atoms in total. The van der Waals surface area contributed by atoms with Crippen molar-refractivity contribution in [1.29, 1.82) is 0 Å². The maximum Gasteiger partial charge on any atom is 0.269 e. The number of benzene rings is 1. The topological polar surface area (TPSA) is 85.9 Å². The van der Waals surface area contributed by atoms with Crippen molar-refractivity contribution in [3.05, 3.63) is 63.0 Å². The Bertz CT molecular complexity index is 931. The van der Waals surface area contributed by atoms with Crippen molar-refractivity contribution in [2.45, 2.75) is 38.9 Å². The van der Waals surface area contributed by atoms with Crippen molar-refractivity contribution in [3.8, 4) is 10.4 Å². The third-order valence-corrected chi connectivity index (χ3v) is 5.69. The van der Waals surface area contributed by atoms with Gasteiger partial charge >= 0.3 is 0 Å². The average Bonchev–Trinajstić information content (AvgIpc) is 3.25. The number of nitrogens with one attached hydrogen (secondary N) is 1. The molecule has 0 amide bonds. The quantitative estimate of drug-likeness (QED) is 0.551. The second-order valence-corrected chi connectivity index (χ2v) is 7.61. The number of fused-ring (bicyclic) bond motifs is 1. The first-order chi connectivity index (χ1) is 12.6. The number of rotatable bonds is 5. The second kappa shape index (κ2) is 6.97. The van der Waals surface area contributed by atoms with E-state index in [-0.39, 0.29) is 10.6 Å². The summed E-state index contributed by atoms with van der Waals surface area (Å²) in [4.78, 5) is 17.2. The highest BCUT2D eigenvalue weighted by molar-refractivity contribution is 7.15. The molecule has 0 saturated heterocycles. The predicted molar refractivity (Wildman–Crippen MR) is 100 cm³/mol. The lowest BCUT2D eigenvalue weighted by molar-refractivity contribution is -0.384. The Kier molecular flexibility index (Phi) is 4.52. The maximum atomic E-state index is 10.8. The van der Waals surface area contributed by atoms with E-state index < -0.39 is 0 Å². The molecule has 1 N–H and O–H groups in total. The monoisotopic (exact) mass is 369 g/mol. The van der Waals surface area contributed by atoms with Crippen LogP contribution in [0.4, 0.5) is 5.69 Å². The number of hydrogen-bond acceptors (Lipinski definition) is 6. The zero-order valence-electron chi connectivity index (χ0n) is 14.4. The van der Waals surface area contributed by atoms with E-state index in [2.05, 4.69) is 27.5 Å². The van der Waals surface area contributed by atoms with Gasteiger partial charge in [0.15, 0.2) is 0 Å².